The van der Waals surface area contributed by atoms with Gasteiger partial charge in [0.25, 0.3) is 5.91 Å². The molecule has 138 valence electrons. The van der Waals surface area contributed by atoms with Gasteiger partial charge in [0.2, 0.25) is 5.95 Å². The lowest BCUT2D eigenvalue weighted by Crippen LogP contribution is -2.48. The zero-order valence-electron chi connectivity index (χ0n) is 15.5. The minimum Gasteiger partial charge on any atom is -0.368 e. The molecule has 2 aromatic heterocycles. The molecule has 1 fully saturated rings. The van der Waals surface area contributed by atoms with E-state index in [0.29, 0.717) is 12.5 Å². The molecule has 1 amide bonds. The van der Waals surface area contributed by atoms with Gasteiger partial charge in [0.05, 0.1) is 17.5 Å². The van der Waals surface area contributed by atoms with Crippen LogP contribution in [0.3, 0.4) is 0 Å². The molecular weight excluding hydrogens is 328 g/mol. The third-order valence-electron chi connectivity index (χ3n) is 5.89. The normalized spacial score (nSPS) is 22.0. The zero-order valence-corrected chi connectivity index (χ0v) is 15.5. The van der Waals surface area contributed by atoms with E-state index in [-0.39, 0.29) is 11.3 Å². The summed E-state index contributed by atoms with van der Waals surface area (Å²) < 4.78 is 1.92. The summed E-state index contributed by atoms with van der Waals surface area (Å²) in [7, 11) is 0. The number of piperidine rings is 1. The highest BCUT2D eigenvalue weighted by atomic mass is 16.2. The average Bonchev–Trinajstić information content (AvgIpc) is 3.17. The molecule has 1 spiro atoms. The maximum Gasteiger partial charge on any atom is 0.257 e. The Bertz CT molecular complexity index is 841. The molecule has 26 heavy (non-hydrogen) atoms. The first-order valence-corrected chi connectivity index (χ1v) is 9.47. The maximum atomic E-state index is 13.2. The van der Waals surface area contributed by atoms with Crippen LogP contribution in [0.15, 0.2) is 12.4 Å². The highest BCUT2D eigenvalue weighted by Crippen LogP contribution is 2.44. The molecule has 7 nitrogen and oxygen atoms in total. The second-order valence-electron chi connectivity index (χ2n) is 7.58. The Balaban J connectivity index is 1.60. The van der Waals surface area contributed by atoms with Gasteiger partial charge in [0.1, 0.15) is 0 Å². The van der Waals surface area contributed by atoms with Crippen molar-refractivity contribution < 1.29 is 4.79 Å². The van der Waals surface area contributed by atoms with E-state index in [0.717, 1.165) is 62.1 Å². The zero-order chi connectivity index (χ0) is 18.3. The van der Waals surface area contributed by atoms with Crippen molar-refractivity contribution in [2.24, 2.45) is 0 Å². The predicted molar refractivity (Wildman–Crippen MR) is 98.8 cm³/mol. The standard InChI is InChI=1S/C19H26N6O/c1-3-8-25-13(2)15(11-22-25)17(26)24-9-4-6-19(12-24)7-5-14-10-21-18(20)23-16(14)19/h10-11H,3-9,12H2,1-2H3,(H2,20,21,23). The average molecular weight is 354 g/mol. The number of likely N-dealkylation sites (tertiary alicyclic amines) is 1. The number of nitrogens with zero attached hydrogens (tertiary/aromatic N) is 5. The van der Waals surface area contributed by atoms with Crippen molar-refractivity contribution in [2.75, 3.05) is 18.8 Å². The number of hydrogen-bond acceptors (Lipinski definition) is 5. The van der Waals surface area contributed by atoms with Gasteiger partial charge in [-0.1, -0.05) is 6.92 Å². The summed E-state index contributed by atoms with van der Waals surface area (Å²) >= 11 is 0. The van der Waals surface area contributed by atoms with Crippen LogP contribution in [-0.4, -0.2) is 43.6 Å². The SMILES string of the molecule is CCCn1ncc(C(=O)N2CCCC3(CCc4cnc(N)nc43)C2)c1C. The lowest BCUT2D eigenvalue weighted by atomic mass is 9.77. The Morgan fingerprint density at radius 2 is 2.19 bits per heavy atom. The quantitative estimate of drug-likeness (QED) is 0.911. The molecule has 3 heterocycles. The second kappa shape index (κ2) is 6.37. The van der Waals surface area contributed by atoms with E-state index in [1.807, 2.05) is 22.7 Å². The first-order valence-electron chi connectivity index (χ1n) is 9.47. The topological polar surface area (TPSA) is 89.9 Å². The van der Waals surface area contributed by atoms with Crippen molar-refractivity contribution in [1.82, 2.24) is 24.6 Å². The smallest absolute Gasteiger partial charge is 0.257 e. The second-order valence-corrected chi connectivity index (χ2v) is 7.58. The Hall–Kier alpha value is -2.44. The van der Waals surface area contributed by atoms with Crippen LogP contribution in [-0.2, 0) is 18.4 Å². The Labute approximate surface area is 153 Å². The molecule has 1 atom stereocenters. The maximum absolute atomic E-state index is 13.2. The van der Waals surface area contributed by atoms with Crippen LogP contribution in [0.1, 0.15) is 59.9 Å². The molecule has 2 N–H and O–H groups in total. The Morgan fingerprint density at radius 1 is 1.35 bits per heavy atom. The van der Waals surface area contributed by atoms with E-state index >= 15 is 0 Å². The number of aryl methyl sites for hydroxylation is 2. The number of carbonyl (C=O) groups is 1. The molecule has 4 rings (SSSR count). The number of nitrogen functional groups attached to an aromatic ring is 1. The number of aromatic nitrogens is 4. The van der Waals surface area contributed by atoms with E-state index in [4.69, 9.17) is 5.73 Å². The molecule has 1 unspecified atom stereocenters. The first kappa shape index (κ1) is 17.0. The van der Waals surface area contributed by atoms with Crippen LogP contribution in [0.5, 0.6) is 0 Å². The van der Waals surface area contributed by atoms with E-state index < -0.39 is 0 Å². The van der Waals surface area contributed by atoms with Crippen LogP contribution in [0.25, 0.3) is 0 Å². The van der Waals surface area contributed by atoms with E-state index in [2.05, 4.69) is 22.0 Å². The number of nitrogens with two attached hydrogens (primary N) is 1. The molecule has 2 aromatic rings. The van der Waals surface area contributed by atoms with Crippen molar-refractivity contribution in [3.63, 3.8) is 0 Å². The predicted octanol–water partition coefficient (Wildman–Crippen LogP) is 2.09. The third kappa shape index (κ3) is 2.66. The van der Waals surface area contributed by atoms with Gasteiger partial charge in [-0.05, 0) is 44.6 Å². The summed E-state index contributed by atoms with van der Waals surface area (Å²) in [6.07, 6.45) is 8.58. The molecule has 7 heteroatoms. The summed E-state index contributed by atoms with van der Waals surface area (Å²) in [6.45, 7) is 6.42. The molecule has 1 aliphatic heterocycles. The van der Waals surface area contributed by atoms with E-state index in [1.165, 1.54) is 5.56 Å². The molecule has 0 aromatic carbocycles. The molecular formula is C19H26N6O. The minimum absolute atomic E-state index is 0.0758. The summed E-state index contributed by atoms with van der Waals surface area (Å²) in [5, 5.41) is 4.39. The van der Waals surface area contributed by atoms with Gasteiger partial charge >= 0.3 is 0 Å². The number of hydrogen-bond donors (Lipinski definition) is 1. The van der Waals surface area contributed by atoms with Crippen molar-refractivity contribution in [3.8, 4) is 0 Å². The first-order chi connectivity index (χ1) is 12.5. The van der Waals surface area contributed by atoms with Gasteiger partial charge in [0.15, 0.2) is 0 Å². The molecule has 1 saturated heterocycles. The fraction of sp³-hybridized carbons (Fsp3) is 0.579. The van der Waals surface area contributed by atoms with Gasteiger partial charge < -0.3 is 10.6 Å². The van der Waals surface area contributed by atoms with E-state index in [9.17, 15) is 4.79 Å². The highest BCUT2D eigenvalue weighted by molar-refractivity contribution is 5.95. The van der Waals surface area contributed by atoms with Gasteiger partial charge in [0, 0.05) is 36.9 Å². The van der Waals surface area contributed by atoms with Crippen molar-refractivity contribution in [2.45, 2.75) is 57.9 Å². The van der Waals surface area contributed by atoms with Gasteiger partial charge in [-0.3, -0.25) is 9.48 Å². The summed E-state index contributed by atoms with van der Waals surface area (Å²) in [6, 6.07) is 0. The lowest BCUT2D eigenvalue weighted by Gasteiger charge is -2.40. The number of fused-ring (bicyclic) bond motifs is 2. The van der Waals surface area contributed by atoms with Crippen molar-refractivity contribution in [1.29, 1.82) is 0 Å². The van der Waals surface area contributed by atoms with E-state index in [1.54, 1.807) is 6.20 Å². The van der Waals surface area contributed by atoms with Gasteiger partial charge in [-0.25, -0.2) is 9.97 Å². The summed E-state index contributed by atoms with van der Waals surface area (Å²) in [5.74, 6) is 0.407. The number of anilines is 1. The highest BCUT2D eigenvalue weighted by Gasteiger charge is 2.45. The van der Waals surface area contributed by atoms with Crippen LogP contribution in [0.4, 0.5) is 5.95 Å². The van der Waals surface area contributed by atoms with Crippen LogP contribution < -0.4 is 5.73 Å². The number of amides is 1. The lowest BCUT2D eigenvalue weighted by molar-refractivity contribution is 0.0632. The fourth-order valence-electron chi connectivity index (χ4n) is 4.52. The molecule has 2 aliphatic rings. The molecule has 0 radical (unpaired) electrons. The third-order valence-corrected chi connectivity index (χ3v) is 5.89. The monoisotopic (exact) mass is 354 g/mol. The molecule has 0 saturated carbocycles. The van der Waals surface area contributed by atoms with Crippen LogP contribution in [0.2, 0.25) is 0 Å². The Morgan fingerprint density at radius 3 is 3.00 bits per heavy atom. The Kier molecular flexibility index (Phi) is 4.17. The largest absolute Gasteiger partial charge is 0.368 e. The number of carbonyl (C=O) groups excluding carboxylic acids is 1. The van der Waals surface area contributed by atoms with Crippen molar-refractivity contribution >= 4 is 11.9 Å². The number of rotatable bonds is 3. The molecule has 1 aliphatic carbocycles. The molecule has 0 bridgehead atoms. The fourth-order valence-corrected chi connectivity index (χ4v) is 4.52. The summed E-state index contributed by atoms with van der Waals surface area (Å²) in [4.78, 5) is 23.8. The van der Waals surface area contributed by atoms with Gasteiger partial charge in [-0.2, -0.15) is 5.10 Å². The summed E-state index contributed by atoms with van der Waals surface area (Å²) in [5.41, 5.74) is 9.68. The minimum atomic E-state index is -0.0758. The van der Waals surface area contributed by atoms with Crippen LogP contribution in [0, 0.1) is 6.92 Å². The van der Waals surface area contributed by atoms with Crippen molar-refractivity contribution in [3.05, 3.63) is 34.9 Å². The van der Waals surface area contributed by atoms with Gasteiger partial charge in [-0.15, -0.1) is 0 Å². The van der Waals surface area contributed by atoms with Crippen LogP contribution >= 0.6 is 0 Å².